The van der Waals surface area contributed by atoms with Crippen molar-refractivity contribution in [3.8, 4) is 17.1 Å². The van der Waals surface area contributed by atoms with Crippen LogP contribution in [0.5, 0.6) is 5.75 Å². The van der Waals surface area contributed by atoms with Crippen molar-refractivity contribution in [1.29, 1.82) is 0 Å². The zero-order chi connectivity index (χ0) is 13.8. The average molecular weight is 270 g/mol. The molecule has 0 aliphatic carbocycles. The lowest BCUT2D eigenvalue weighted by Gasteiger charge is -2.07. The van der Waals surface area contributed by atoms with Gasteiger partial charge in [-0.25, -0.2) is 4.39 Å². The summed E-state index contributed by atoms with van der Waals surface area (Å²) in [5, 5.41) is 13.7. The SMILES string of the molecule is Fc1ccccc1COc1ccc(-c2nn[nH]n2)cc1. The van der Waals surface area contributed by atoms with Gasteiger partial charge in [-0.2, -0.15) is 5.21 Å². The van der Waals surface area contributed by atoms with Crippen LogP contribution in [0.15, 0.2) is 48.5 Å². The Morgan fingerprint density at radius 1 is 1.05 bits per heavy atom. The van der Waals surface area contributed by atoms with Gasteiger partial charge in [0.05, 0.1) is 0 Å². The number of H-pyrrole nitrogens is 1. The lowest BCUT2D eigenvalue weighted by atomic mass is 10.2. The Morgan fingerprint density at radius 2 is 1.85 bits per heavy atom. The first-order chi connectivity index (χ1) is 9.83. The maximum atomic E-state index is 13.4. The van der Waals surface area contributed by atoms with Gasteiger partial charge < -0.3 is 4.74 Å². The van der Waals surface area contributed by atoms with Crippen molar-refractivity contribution in [1.82, 2.24) is 20.6 Å². The molecule has 20 heavy (non-hydrogen) atoms. The number of hydrogen-bond donors (Lipinski definition) is 1. The van der Waals surface area contributed by atoms with Crippen LogP contribution in [0.2, 0.25) is 0 Å². The van der Waals surface area contributed by atoms with Crippen molar-refractivity contribution >= 4 is 0 Å². The van der Waals surface area contributed by atoms with E-state index < -0.39 is 0 Å². The third kappa shape index (κ3) is 2.64. The van der Waals surface area contributed by atoms with Crippen LogP contribution < -0.4 is 4.74 Å². The van der Waals surface area contributed by atoms with Crippen LogP contribution in [0.1, 0.15) is 5.56 Å². The topological polar surface area (TPSA) is 63.7 Å². The maximum Gasteiger partial charge on any atom is 0.204 e. The maximum absolute atomic E-state index is 13.4. The van der Waals surface area contributed by atoms with Crippen LogP contribution in [0.4, 0.5) is 4.39 Å². The Morgan fingerprint density at radius 3 is 2.55 bits per heavy atom. The molecule has 0 saturated heterocycles. The first-order valence-electron chi connectivity index (χ1n) is 6.03. The number of benzene rings is 2. The van der Waals surface area contributed by atoms with E-state index in [-0.39, 0.29) is 12.4 Å². The van der Waals surface area contributed by atoms with Crippen LogP contribution in [-0.2, 0) is 6.61 Å². The van der Waals surface area contributed by atoms with Crippen molar-refractivity contribution < 1.29 is 9.13 Å². The summed E-state index contributed by atoms with van der Waals surface area (Å²) >= 11 is 0. The van der Waals surface area contributed by atoms with E-state index in [0.29, 0.717) is 17.1 Å². The lowest BCUT2D eigenvalue weighted by molar-refractivity contribution is 0.300. The summed E-state index contributed by atoms with van der Waals surface area (Å²) in [6.07, 6.45) is 0. The normalized spacial score (nSPS) is 10.4. The van der Waals surface area contributed by atoms with Crippen molar-refractivity contribution in [2.45, 2.75) is 6.61 Å². The molecule has 0 saturated carbocycles. The van der Waals surface area contributed by atoms with Crippen LogP contribution >= 0.6 is 0 Å². The predicted molar refractivity (Wildman–Crippen MR) is 70.3 cm³/mol. The molecule has 3 rings (SSSR count). The van der Waals surface area contributed by atoms with Gasteiger partial charge >= 0.3 is 0 Å². The molecule has 3 aromatic rings. The van der Waals surface area contributed by atoms with Crippen LogP contribution in [0, 0.1) is 5.82 Å². The lowest BCUT2D eigenvalue weighted by Crippen LogP contribution is -1.98. The van der Waals surface area contributed by atoms with E-state index in [2.05, 4.69) is 20.6 Å². The monoisotopic (exact) mass is 270 g/mol. The first kappa shape index (κ1) is 12.3. The molecule has 0 spiro atoms. The van der Waals surface area contributed by atoms with Crippen LogP contribution in [0.3, 0.4) is 0 Å². The van der Waals surface area contributed by atoms with Gasteiger partial charge in [0, 0.05) is 11.1 Å². The van der Waals surface area contributed by atoms with Gasteiger partial charge in [0.25, 0.3) is 0 Å². The molecule has 0 unspecified atom stereocenters. The summed E-state index contributed by atoms with van der Waals surface area (Å²) in [5.41, 5.74) is 1.35. The minimum absolute atomic E-state index is 0.189. The Kier molecular flexibility index (Phi) is 3.36. The zero-order valence-electron chi connectivity index (χ0n) is 10.5. The van der Waals surface area contributed by atoms with Gasteiger partial charge in [0.1, 0.15) is 18.2 Å². The first-order valence-corrected chi connectivity index (χ1v) is 6.03. The molecule has 6 heteroatoms. The van der Waals surface area contributed by atoms with Gasteiger partial charge in [-0.3, -0.25) is 0 Å². The van der Waals surface area contributed by atoms with E-state index in [9.17, 15) is 4.39 Å². The van der Waals surface area contributed by atoms with Crippen molar-refractivity contribution in [2.75, 3.05) is 0 Å². The molecule has 1 heterocycles. The number of ether oxygens (including phenoxy) is 1. The summed E-state index contributed by atoms with van der Waals surface area (Å²) in [6.45, 7) is 0.189. The fraction of sp³-hybridized carbons (Fsp3) is 0.0714. The molecule has 0 aliphatic heterocycles. The Labute approximate surface area is 114 Å². The third-order valence-corrected chi connectivity index (χ3v) is 2.81. The molecule has 2 aromatic carbocycles. The molecule has 0 atom stereocenters. The second-order valence-corrected chi connectivity index (χ2v) is 4.14. The number of hydrogen-bond acceptors (Lipinski definition) is 4. The number of tetrazole rings is 1. The van der Waals surface area contributed by atoms with Crippen molar-refractivity contribution in [2.24, 2.45) is 0 Å². The van der Waals surface area contributed by atoms with Crippen LogP contribution in [0.25, 0.3) is 11.4 Å². The summed E-state index contributed by atoms with van der Waals surface area (Å²) in [4.78, 5) is 0. The molecule has 0 amide bonds. The van der Waals surface area contributed by atoms with E-state index >= 15 is 0 Å². The number of halogens is 1. The molecule has 0 bridgehead atoms. The van der Waals surface area contributed by atoms with Crippen molar-refractivity contribution in [3.05, 3.63) is 59.9 Å². The smallest absolute Gasteiger partial charge is 0.204 e. The minimum Gasteiger partial charge on any atom is -0.489 e. The molecule has 5 nitrogen and oxygen atoms in total. The molecule has 1 N–H and O–H groups in total. The molecular formula is C14H11FN4O. The number of nitrogens with zero attached hydrogens (tertiary/aromatic N) is 3. The average Bonchev–Trinajstić information content (AvgIpc) is 3.01. The van der Waals surface area contributed by atoms with E-state index in [1.54, 1.807) is 30.3 Å². The predicted octanol–water partition coefficient (Wildman–Crippen LogP) is 2.58. The number of rotatable bonds is 4. The van der Waals surface area contributed by atoms with Gasteiger partial charge in [-0.1, -0.05) is 18.2 Å². The van der Waals surface area contributed by atoms with Gasteiger partial charge in [-0.05, 0) is 35.5 Å². The molecular weight excluding hydrogens is 259 g/mol. The quantitative estimate of drug-likeness (QED) is 0.791. The van der Waals surface area contributed by atoms with Crippen LogP contribution in [-0.4, -0.2) is 20.6 Å². The highest BCUT2D eigenvalue weighted by Gasteiger charge is 2.04. The highest BCUT2D eigenvalue weighted by molar-refractivity contribution is 5.54. The standard InChI is InChI=1S/C14H11FN4O/c15-13-4-2-1-3-11(13)9-20-12-7-5-10(6-8-12)14-16-18-19-17-14/h1-8H,9H2,(H,16,17,18,19). The molecule has 0 radical (unpaired) electrons. The molecule has 0 aliphatic rings. The number of aromatic amines is 1. The summed E-state index contributed by atoms with van der Waals surface area (Å²) in [5.74, 6) is 0.905. The zero-order valence-corrected chi connectivity index (χ0v) is 10.5. The van der Waals surface area contributed by atoms with E-state index in [1.165, 1.54) is 6.07 Å². The Balaban J connectivity index is 1.68. The van der Waals surface area contributed by atoms with Crippen molar-refractivity contribution in [3.63, 3.8) is 0 Å². The second-order valence-electron chi connectivity index (χ2n) is 4.14. The molecule has 0 fully saturated rings. The largest absolute Gasteiger partial charge is 0.489 e. The van der Waals surface area contributed by atoms with Gasteiger partial charge in [0.15, 0.2) is 0 Å². The molecule has 100 valence electrons. The van der Waals surface area contributed by atoms with Gasteiger partial charge in [0.2, 0.25) is 5.82 Å². The fourth-order valence-corrected chi connectivity index (χ4v) is 1.76. The Hall–Kier alpha value is -2.76. The minimum atomic E-state index is -0.268. The van der Waals surface area contributed by atoms with Gasteiger partial charge in [-0.15, -0.1) is 10.2 Å². The highest BCUT2D eigenvalue weighted by atomic mass is 19.1. The summed E-state index contributed by atoms with van der Waals surface area (Å²) in [7, 11) is 0. The summed E-state index contributed by atoms with van der Waals surface area (Å²) in [6, 6.07) is 13.8. The van der Waals surface area contributed by atoms with E-state index in [4.69, 9.17) is 4.74 Å². The van der Waals surface area contributed by atoms with E-state index in [0.717, 1.165) is 5.56 Å². The molecule has 1 aromatic heterocycles. The number of nitrogens with one attached hydrogen (secondary N) is 1. The second kappa shape index (κ2) is 5.48. The highest BCUT2D eigenvalue weighted by Crippen LogP contribution is 2.19. The fourth-order valence-electron chi connectivity index (χ4n) is 1.76. The summed E-state index contributed by atoms with van der Waals surface area (Å²) < 4.78 is 19.0. The number of aromatic nitrogens is 4. The van der Waals surface area contributed by atoms with E-state index in [1.807, 2.05) is 12.1 Å². The third-order valence-electron chi connectivity index (χ3n) is 2.81. The Bertz CT molecular complexity index is 683.